The van der Waals surface area contributed by atoms with Crippen molar-refractivity contribution in [1.29, 1.82) is 0 Å². The van der Waals surface area contributed by atoms with Gasteiger partial charge in [-0.05, 0) is 0 Å². The third-order valence-corrected chi connectivity index (χ3v) is 0. The quantitative estimate of drug-likeness (QED) is 0.440. The van der Waals surface area contributed by atoms with E-state index in [0.29, 0.717) is 0 Å². The maximum atomic E-state index is 6.47. The first-order valence-corrected chi connectivity index (χ1v) is 0.507. The molecule has 0 saturated carbocycles. The Labute approximate surface area is 131 Å². The molecule has 0 rings (SSSR count). The summed E-state index contributed by atoms with van der Waals surface area (Å²) in [5.74, 6) is 0. The molecule has 0 radical (unpaired) electrons. The van der Waals surface area contributed by atoms with Crippen LogP contribution in [0.5, 0.6) is 0 Å². The number of halogens is 6. The second-order valence-electron chi connectivity index (χ2n) is 0. The van der Waals surface area contributed by atoms with E-state index in [-0.39, 0.29) is 117 Å². The summed E-state index contributed by atoms with van der Waals surface area (Å²) in [5.41, 5.74) is 0. The van der Waals surface area contributed by atoms with E-state index >= 15 is 0 Å². The Morgan fingerprint density at radius 1 is 0.667 bits per heavy atom. The predicted octanol–water partition coefficient (Wildman–Crippen LogP) is -15.6. The van der Waals surface area contributed by atoms with Crippen LogP contribution in [0.3, 0.4) is 0 Å². The fourth-order valence-electron chi connectivity index (χ4n) is 0. The first kappa shape index (κ1) is 81.8. The molecule has 9 heteroatoms. The maximum absolute atomic E-state index is 6.47. The number of rotatable bonds is 0. The minimum absolute atomic E-state index is 0. The van der Waals surface area contributed by atoms with Crippen LogP contribution in [-0.4, -0.2) is 59.8 Å². The second-order valence-corrected chi connectivity index (χ2v) is 0. The molecular weight excluding hydrogens is 296 g/mol. The van der Waals surface area contributed by atoms with Crippen molar-refractivity contribution in [3.8, 4) is 0 Å². The third-order valence-electron chi connectivity index (χ3n) is 0. The molecule has 0 aliphatic carbocycles. The van der Waals surface area contributed by atoms with Crippen LogP contribution < -0.4 is 62.0 Å². The van der Waals surface area contributed by atoms with Crippen LogP contribution in [0.4, 0.5) is 0 Å². The minimum atomic E-state index is 0. The molecule has 0 aromatic heterocycles. The van der Waals surface area contributed by atoms with Crippen LogP contribution in [0, 0.1) is 0 Å². The van der Waals surface area contributed by atoms with Crippen molar-refractivity contribution in [2.24, 2.45) is 0 Å². The van der Waals surface area contributed by atoms with Gasteiger partial charge in [-0.15, -0.1) is 0 Å². The Bertz CT molecular complexity index is 13.0. The largest absolute Gasteiger partial charge is 3.00 e. The van der Waals surface area contributed by atoms with E-state index < -0.39 is 0 Å². The Hall–Kier alpha value is 3.49. The molecule has 0 aliphatic heterocycles. The zero-order chi connectivity index (χ0) is 2.00. The van der Waals surface area contributed by atoms with Gasteiger partial charge in [0.1, 0.15) is 0 Å². The number of hydrogen-bond acceptors (Lipinski definition) is 1. The molecule has 0 fully saturated rings. The monoisotopic (exact) mass is 294 g/mol. The van der Waals surface area contributed by atoms with Gasteiger partial charge >= 0.3 is 55.1 Å². The molecule has 1 nitrogen and oxygen atoms in total. The van der Waals surface area contributed by atoms with Gasteiger partial charge in [0.15, 0.2) is 0 Å². The van der Waals surface area contributed by atoms with E-state index in [1.54, 1.807) is 0 Å². The SMILES string of the molecule is OCl.[Al+3].[Ca+2].[Cl-].[Cl-].[Cl-].[Cl-].[Cl-]. The summed E-state index contributed by atoms with van der Waals surface area (Å²) in [4.78, 5) is 0. The van der Waals surface area contributed by atoms with E-state index in [4.69, 9.17) is 4.66 Å². The summed E-state index contributed by atoms with van der Waals surface area (Å²) in [7, 11) is 0. The summed E-state index contributed by atoms with van der Waals surface area (Å²) < 4.78 is 6.47. The van der Waals surface area contributed by atoms with Gasteiger partial charge in [0.25, 0.3) is 0 Å². The van der Waals surface area contributed by atoms with E-state index in [1.807, 2.05) is 0 Å². The Morgan fingerprint density at radius 2 is 0.667 bits per heavy atom. The molecule has 9 heavy (non-hydrogen) atoms. The molecule has 1 N–H and O–H groups in total. The molecule has 0 aromatic rings. The molecule has 54 valence electrons. The minimum Gasteiger partial charge on any atom is -1.00 e. The van der Waals surface area contributed by atoms with Crippen molar-refractivity contribution in [1.82, 2.24) is 0 Å². The third kappa shape index (κ3) is 84.9. The van der Waals surface area contributed by atoms with Gasteiger partial charge in [-0.1, -0.05) is 0 Å². The second kappa shape index (κ2) is 104. The van der Waals surface area contributed by atoms with Gasteiger partial charge in [-0.2, -0.15) is 0 Å². The molecule has 0 amide bonds. The topological polar surface area (TPSA) is 20.2 Å². The van der Waals surface area contributed by atoms with Gasteiger partial charge in [-0.25, -0.2) is 0 Å². The van der Waals surface area contributed by atoms with E-state index in [1.165, 1.54) is 0 Å². The van der Waals surface area contributed by atoms with Gasteiger partial charge in [0.2, 0.25) is 0 Å². The molecule has 0 aromatic carbocycles. The van der Waals surface area contributed by atoms with Crippen LogP contribution in [-0.2, 0) is 0 Å². The fourth-order valence-corrected chi connectivity index (χ4v) is 0. The smallest absolute Gasteiger partial charge is 1.00 e. The van der Waals surface area contributed by atoms with Gasteiger partial charge < -0.3 is 62.0 Å². The Morgan fingerprint density at radius 3 is 0.667 bits per heavy atom. The van der Waals surface area contributed by atoms with Crippen molar-refractivity contribution in [2.75, 3.05) is 0 Å². The molecule has 0 unspecified atom stereocenters. The average Bonchev–Trinajstić information content (AvgIpc) is 1.00. The van der Waals surface area contributed by atoms with Crippen LogP contribution in [0.2, 0.25) is 0 Å². The Kier molecular flexibility index (Phi) is 942. The standard InChI is InChI=1S/Al.Ca.ClHO.5ClH/c;;1-2;;;;;/h;;2H;5*1H/q+3;+2;;;;;;/p-5. The van der Waals surface area contributed by atoms with Crippen molar-refractivity contribution in [3.63, 3.8) is 0 Å². The van der Waals surface area contributed by atoms with Gasteiger partial charge in [0, 0.05) is 0 Å². The summed E-state index contributed by atoms with van der Waals surface area (Å²) in [5, 5.41) is 0. The predicted molar refractivity (Wildman–Crippen MR) is 19.6 cm³/mol. The summed E-state index contributed by atoms with van der Waals surface area (Å²) in [6, 6.07) is 0. The van der Waals surface area contributed by atoms with E-state index in [0.717, 1.165) is 0 Å². The zero-order valence-electron chi connectivity index (χ0n) is 4.00. The van der Waals surface area contributed by atoms with Crippen LogP contribution >= 0.6 is 11.9 Å². The van der Waals surface area contributed by atoms with Gasteiger partial charge in [-0.3, -0.25) is 4.66 Å². The normalized spacial score (nSPS) is 0.667. The average molecular weight is 297 g/mol. The van der Waals surface area contributed by atoms with Crippen molar-refractivity contribution < 1.29 is 66.7 Å². The first-order chi connectivity index (χ1) is 1.00. The zero-order valence-corrected chi connectivity index (χ0v) is 11.9. The summed E-state index contributed by atoms with van der Waals surface area (Å²) in [6.45, 7) is 0. The molecule has 0 spiro atoms. The first-order valence-electron chi connectivity index (χ1n) is 0.169. The molecular formula is HAlCaCl6O. The van der Waals surface area contributed by atoms with Crippen molar-refractivity contribution >= 4 is 67.0 Å². The van der Waals surface area contributed by atoms with Crippen LogP contribution in [0.15, 0.2) is 0 Å². The molecule has 0 aliphatic rings. The molecule has 0 heterocycles. The number of hydrogen-bond donors (Lipinski definition) is 1. The van der Waals surface area contributed by atoms with Crippen LogP contribution in [0.1, 0.15) is 0 Å². The molecule has 0 bridgehead atoms. The van der Waals surface area contributed by atoms with E-state index in [2.05, 4.69) is 11.9 Å². The summed E-state index contributed by atoms with van der Waals surface area (Å²) in [6.07, 6.45) is 0. The molecule has 0 atom stereocenters. The van der Waals surface area contributed by atoms with E-state index in [9.17, 15) is 0 Å². The van der Waals surface area contributed by atoms with Gasteiger partial charge in [0.05, 0.1) is 11.9 Å². The Balaban J connectivity index is -0.000000000238. The summed E-state index contributed by atoms with van der Waals surface area (Å²) >= 11 is 3.64. The molecule has 0 saturated heterocycles. The fraction of sp³-hybridized carbons (Fsp3) is 0. The van der Waals surface area contributed by atoms with Crippen molar-refractivity contribution in [2.45, 2.75) is 0 Å². The van der Waals surface area contributed by atoms with Crippen molar-refractivity contribution in [3.05, 3.63) is 0 Å². The van der Waals surface area contributed by atoms with Crippen LogP contribution in [0.25, 0.3) is 0 Å². The maximum Gasteiger partial charge on any atom is 3.00 e.